The van der Waals surface area contributed by atoms with Crippen molar-refractivity contribution in [1.82, 2.24) is 5.32 Å². The normalized spacial score (nSPS) is 11.7. The summed E-state index contributed by atoms with van der Waals surface area (Å²) < 4.78 is 5.33. The molecule has 0 saturated carbocycles. The second-order valence-corrected chi connectivity index (χ2v) is 7.49. The molecule has 0 aliphatic heterocycles. The summed E-state index contributed by atoms with van der Waals surface area (Å²) in [6.45, 7) is 12.6. The molecule has 0 fully saturated rings. The minimum Gasteiger partial charge on any atom is -0.494 e. The fraction of sp³-hybridized carbons (Fsp3) is 0.556. The molecule has 0 radical (unpaired) electrons. The molecule has 2 amide bonds. The molecule has 0 atom stereocenters. The Morgan fingerprint density at radius 2 is 1.57 bits per heavy atom. The highest BCUT2D eigenvalue weighted by Crippen LogP contribution is 2.26. The maximum atomic E-state index is 12.1. The van der Waals surface area contributed by atoms with Gasteiger partial charge in [0.05, 0.1) is 6.61 Å². The molecule has 23 heavy (non-hydrogen) atoms. The lowest BCUT2D eigenvalue weighted by Gasteiger charge is -2.33. The smallest absolute Gasteiger partial charge is 0.313 e. The van der Waals surface area contributed by atoms with E-state index in [4.69, 9.17) is 4.74 Å². The molecule has 0 saturated heterocycles. The first-order valence-corrected chi connectivity index (χ1v) is 7.89. The van der Waals surface area contributed by atoms with Crippen LogP contribution >= 0.6 is 0 Å². The zero-order valence-corrected chi connectivity index (χ0v) is 14.9. The number of anilines is 1. The monoisotopic (exact) mass is 320 g/mol. The molecule has 0 spiro atoms. The van der Waals surface area contributed by atoms with Crippen LogP contribution in [0.5, 0.6) is 5.75 Å². The van der Waals surface area contributed by atoms with E-state index in [1.165, 1.54) is 0 Å². The second-order valence-electron chi connectivity index (χ2n) is 7.49. The van der Waals surface area contributed by atoms with Crippen molar-refractivity contribution in [2.24, 2.45) is 5.41 Å². The SMILES string of the molecule is CCOc1ccc(NC(=O)C(=O)NC(C)(C)CC(C)(C)C)cc1. The van der Waals surface area contributed by atoms with Gasteiger partial charge < -0.3 is 15.4 Å². The number of hydrogen-bond acceptors (Lipinski definition) is 3. The first-order chi connectivity index (χ1) is 10.5. The summed E-state index contributed by atoms with van der Waals surface area (Å²) in [6, 6.07) is 6.91. The zero-order valence-electron chi connectivity index (χ0n) is 14.9. The number of carbonyl (C=O) groups excluding carboxylic acids is 2. The largest absolute Gasteiger partial charge is 0.494 e. The number of amides is 2. The second kappa shape index (κ2) is 7.49. The van der Waals surface area contributed by atoms with E-state index in [9.17, 15) is 9.59 Å². The maximum absolute atomic E-state index is 12.1. The van der Waals surface area contributed by atoms with Crippen LogP contribution in [0.3, 0.4) is 0 Å². The van der Waals surface area contributed by atoms with Gasteiger partial charge in [0, 0.05) is 11.2 Å². The predicted octanol–water partition coefficient (Wildman–Crippen LogP) is 3.35. The number of ether oxygens (including phenoxy) is 1. The van der Waals surface area contributed by atoms with Crippen LogP contribution < -0.4 is 15.4 Å². The van der Waals surface area contributed by atoms with Gasteiger partial charge in [-0.15, -0.1) is 0 Å². The first-order valence-electron chi connectivity index (χ1n) is 7.89. The van der Waals surface area contributed by atoms with E-state index in [0.717, 1.165) is 12.2 Å². The van der Waals surface area contributed by atoms with Gasteiger partial charge in [-0.3, -0.25) is 9.59 Å². The molecule has 2 N–H and O–H groups in total. The van der Waals surface area contributed by atoms with Crippen molar-refractivity contribution < 1.29 is 14.3 Å². The molecule has 0 aliphatic carbocycles. The van der Waals surface area contributed by atoms with Gasteiger partial charge in [-0.1, -0.05) is 20.8 Å². The number of carbonyl (C=O) groups is 2. The molecule has 1 rings (SSSR count). The Balaban J connectivity index is 2.61. The van der Waals surface area contributed by atoms with E-state index >= 15 is 0 Å². The molecule has 5 heteroatoms. The van der Waals surface area contributed by atoms with Crippen LogP contribution in [0.25, 0.3) is 0 Å². The van der Waals surface area contributed by atoms with Crippen molar-refractivity contribution in [3.05, 3.63) is 24.3 Å². The van der Waals surface area contributed by atoms with Crippen LogP contribution in [0.15, 0.2) is 24.3 Å². The molecule has 128 valence electrons. The average Bonchev–Trinajstić information content (AvgIpc) is 2.37. The molecule has 0 unspecified atom stereocenters. The number of hydrogen-bond donors (Lipinski definition) is 2. The highest BCUT2D eigenvalue weighted by molar-refractivity contribution is 6.39. The highest BCUT2D eigenvalue weighted by Gasteiger charge is 2.29. The highest BCUT2D eigenvalue weighted by atomic mass is 16.5. The number of nitrogens with one attached hydrogen (secondary N) is 2. The Bertz CT molecular complexity index is 542. The van der Waals surface area contributed by atoms with Crippen molar-refractivity contribution >= 4 is 17.5 Å². The zero-order chi connectivity index (χ0) is 17.7. The third-order valence-corrected chi connectivity index (χ3v) is 3.05. The van der Waals surface area contributed by atoms with E-state index in [2.05, 4.69) is 31.4 Å². The topological polar surface area (TPSA) is 67.4 Å². The third kappa shape index (κ3) is 7.17. The molecular weight excluding hydrogens is 292 g/mol. The van der Waals surface area contributed by atoms with Crippen molar-refractivity contribution in [1.29, 1.82) is 0 Å². The summed E-state index contributed by atoms with van der Waals surface area (Å²) in [7, 11) is 0. The third-order valence-electron chi connectivity index (χ3n) is 3.05. The molecule has 0 aromatic heterocycles. The maximum Gasteiger partial charge on any atom is 0.313 e. The number of rotatable bonds is 5. The van der Waals surface area contributed by atoms with Gasteiger partial charge in [-0.2, -0.15) is 0 Å². The van der Waals surface area contributed by atoms with E-state index in [-0.39, 0.29) is 5.41 Å². The molecule has 1 aromatic rings. The van der Waals surface area contributed by atoms with Gasteiger partial charge in [-0.25, -0.2) is 0 Å². The van der Waals surface area contributed by atoms with Crippen molar-refractivity contribution in [2.45, 2.75) is 53.5 Å². The van der Waals surface area contributed by atoms with E-state index in [0.29, 0.717) is 12.3 Å². The van der Waals surface area contributed by atoms with E-state index in [1.54, 1.807) is 24.3 Å². The Kier molecular flexibility index (Phi) is 6.19. The quantitative estimate of drug-likeness (QED) is 0.818. The number of benzene rings is 1. The standard InChI is InChI=1S/C18H28N2O3/c1-7-23-14-10-8-13(9-11-14)19-15(21)16(22)20-18(5,6)12-17(2,3)4/h8-11H,7,12H2,1-6H3,(H,19,21)(H,20,22). The summed E-state index contributed by atoms with van der Waals surface area (Å²) >= 11 is 0. The van der Waals surface area contributed by atoms with Crippen molar-refractivity contribution in [3.8, 4) is 5.75 Å². The van der Waals surface area contributed by atoms with E-state index in [1.807, 2.05) is 20.8 Å². The minimum absolute atomic E-state index is 0.0579. The molecular formula is C18H28N2O3. The molecule has 0 heterocycles. The fourth-order valence-electron chi connectivity index (χ4n) is 2.72. The lowest BCUT2D eigenvalue weighted by molar-refractivity contribution is -0.137. The fourth-order valence-corrected chi connectivity index (χ4v) is 2.72. The summed E-state index contributed by atoms with van der Waals surface area (Å²) in [5.74, 6) is -0.578. The molecule has 0 aliphatic rings. The lowest BCUT2D eigenvalue weighted by Crippen LogP contribution is -2.49. The van der Waals surface area contributed by atoms with Crippen molar-refractivity contribution in [2.75, 3.05) is 11.9 Å². The van der Waals surface area contributed by atoms with Crippen LogP contribution in [-0.2, 0) is 9.59 Å². The van der Waals surface area contributed by atoms with Crippen LogP contribution in [0.4, 0.5) is 5.69 Å². The van der Waals surface area contributed by atoms with Crippen LogP contribution in [0.1, 0.15) is 48.0 Å². The molecule has 1 aromatic carbocycles. The Morgan fingerprint density at radius 3 is 2.04 bits per heavy atom. The summed E-state index contributed by atoms with van der Waals surface area (Å²) in [4.78, 5) is 24.1. The van der Waals surface area contributed by atoms with Crippen LogP contribution in [0, 0.1) is 5.41 Å². The van der Waals surface area contributed by atoms with Gasteiger partial charge in [0.2, 0.25) is 0 Å². The van der Waals surface area contributed by atoms with Gasteiger partial charge in [0.25, 0.3) is 0 Å². The summed E-state index contributed by atoms with van der Waals surface area (Å²) in [6.07, 6.45) is 0.766. The predicted molar refractivity (Wildman–Crippen MR) is 92.5 cm³/mol. The molecule has 0 bridgehead atoms. The van der Waals surface area contributed by atoms with Crippen LogP contribution in [0.2, 0.25) is 0 Å². The summed E-state index contributed by atoms with van der Waals surface area (Å²) in [5.41, 5.74) is 0.163. The van der Waals surface area contributed by atoms with Gasteiger partial charge in [0.1, 0.15) is 5.75 Å². The Hall–Kier alpha value is -2.04. The summed E-state index contributed by atoms with van der Waals surface area (Å²) in [5, 5.41) is 5.38. The van der Waals surface area contributed by atoms with Gasteiger partial charge in [-0.05, 0) is 56.9 Å². The first kappa shape index (κ1) is 19.0. The average molecular weight is 320 g/mol. The van der Waals surface area contributed by atoms with Gasteiger partial charge in [0.15, 0.2) is 0 Å². The van der Waals surface area contributed by atoms with E-state index < -0.39 is 17.4 Å². The van der Waals surface area contributed by atoms with Crippen molar-refractivity contribution in [3.63, 3.8) is 0 Å². The minimum atomic E-state index is -0.670. The lowest BCUT2D eigenvalue weighted by atomic mass is 9.82. The van der Waals surface area contributed by atoms with Gasteiger partial charge >= 0.3 is 11.8 Å². The van der Waals surface area contributed by atoms with Crippen LogP contribution in [-0.4, -0.2) is 24.0 Å². The Labute approximate surface area is 138 Å². The molecule has 5 nitrogen and oxygen atoms in total. The Morgan fingerprint density at radius 1 is 1.00 bits per heavy atom.